The van der Waals surface area contributed by atoms with Gasteiger partial charge in [-0.1, -0.05) is 211 Å². The van der Waals surface area contributed by atoms with Crippen molar-refractivity contribution in [1.29, 1.82) is 0 Å². The van der Waals surface area contributed by atoms with Crippen LogP contribution in [0.3, 0.4) is 0 Å². The third-order valence-corrected chi connectivity index (χ3v) is 11.7. The summed E-state index contributed by atoms with van der Waals surface area (Å²) in [6, 6.07) is -0.782. The first-order valence-electron chi connectivity index (χ1n) is 24.1. The summed E-state index contributed by atoms with van der Waals surface area (Å²) in [4.78, 5) is 22.8. The SMILES string of the molecule is CCCCC/C=C\C/C=C\C/C=C\CCCCCCCCC(=O)NC(COP(=O)(O)OCCN)C(O)CCCCCCCCCCCCCCCCCCCCC. The quantitative estimate of drug-likeness (QED) is 0.0273. The van der Waals surface area contributed by atoms with Crippen LogP contribution in [0.4, 0.5) is 0 Å². The Hall–Kier alpha value is -1.28. The molecular formula is C48H93N2O6P. The molecule has 336 valence electrons. The van der Waals surface area contributed by atoms with Crippen LogP contribution in [0.25, 0.3) is 0 Å². The molecule has 9 heteroatoms. The van der Waals surface area contributed by atoms with E-state index in [2.05, 4.69) is 55.6 Å². The van der Waals surface area contributed by atoms with Gasteiger partial charge in [0, 0.05) is 13.0 Å². The molecule has 0 aliphatic heterocycles. The second kappa shape index (κ2) is 44.3. The number of unbranched alkanes of at least 4 members (excludes halogenated alkanes) is 27. The minimum Gasteiger partial charge on any atom is -0.391 e. The van der Waals surface area contributed by atoms with E-state index in [1.165, 1.54) is 141 Å². The number of hydrogen-bond donors (Lipinski definition) is 4. The van der Waals surface area contributed by atoms with Crippen LogP contribution in [0, 0.1) is 0 Å². The van der Waals surface area contributed by atoms with Crippen LogP contribution in [0.1, 0.15) is 232 Å². The number of rotatable bonds is 45. The topological polar surface area (TPSA) is 131 Å². The molecule has 5 N–H and O–H groups in total. The Kier molecular flexibility index (Phi) is 43.3. The highest BCUT2D eigenvalue weighted by molar-refractivity contribution is 7.47. The van der Waals surface area contributed by atoms with Gasteiger partial charge in [-0.05, 0) is 51.4 Å². The van der Waals surface area contributed by atoms with Gasteiger partial charge >= 0.3 is 7.82 Å². The number of nitrogens with two attached hydrogens (primary N) is 1. The van der Waals surface area contributed by atoms with Crippen molar-refractivity contribution >= 4 is 13.7 Å². The molecule has 0 aromatic rings. The summed E-state index contributed by atoms with van der Waals surface area (Å²) in [6.45, 7) is 4.19. The smallest absolute Gasteiger partial charge is 0.391 e. The molecule has 0 heterocycles. The largest absolute Gasteiger partial charge is 0.472 e. The summed E-state index contributed by atoms with van der Waals surface area (Å²) in [6.07, 6.45) is 52.9. The fraction of sp³-hybridized carbons (Fsp3) is 0.854. The van der Waals surface area contributed by atoms with Gasteiger partial charge < -0.3 is 21.1 Å². The summed E-state index contributed by atoms with van der Waals surface area (Å²) >= 11 is 0. The zero-order valence-corrected chi connectivity index (χ0v) is 38.2. The van der Waals surface area contributed by atoms with E-state index in [9.17, 15) is 19.4 Å². The Labute approximate surface area is 352 Å². The lowest BCUT2D eigenvalue weighted by Gasteiger charge is -2.25. The standard InChI is InChI=1S/C48H93N2O6P/c1-3-5-7-9-11-13-15-17-19-21-23-25-27-29-31-33-35-37-39-41-47(51)46(45-56-57(53,54)55-44-43-49)50-48(52)42-40-38-36-34-32-30-28-26-24-22-20-18-16-14-12-10-8-6-4-2/h12,14,18,20,24,26,46-47,51H,3-11,13,15-17,19,21-23,25,27-45,49H2,1-2H3,(H,50,52)(H,53,54)/b14-12-,20-18-,26-24-. The van der Waals surface area contributed by atoms with Crippen LogP contribution in [0.2, 0.25) is 0 Å². The van der Waals surface area contributed by atoms with Gasteiger partial charge in [0.1, 0.15) is 0 Å². The van der Waals surface area contributed by atoms with Crippen molar-refractivity contribution in [1.82, 2.24) is 5.32 Å². The highest BCUT2D eigenvalue weighted by Crippen LogP contribution is 2.43. The maximum atomic E-state index is 12.8. The number of amides is 1. The van der Waals surface area contributed by atoms with Crippen molar-refractivity contribution in [3.63, 3.8) is 0 Å². The summed E-state index contributed by atoms with van der Waals surface area (Å²) in [5, 5.41) is 13.8. The number of nitrogens with one attached hydrogen (secondary N) is 1. The fourth-order valence-corrected chi connectivity index (χ4v) is 7.85. The van der Waals surface area contributed by atoms with Gasteiger partial charge in [-0.3, -0.25) is 13.8 Å². The normalized spacial score (nSPS) is 14.3. The molecule has 1 amide bonds. The average molecular weight is 825 g/mol. The molecule has 0 spiro atoms. The second-order valence-electron chi connectivity index (χ2n) is 16.3. The predicted molar refractivity (Wildman–Crippen MR) is 244 cm³/mol. The molecule has 8 nitrogen and oxygen atoms in total. The van der Waals surface area contributed by atoms with E-state index in [1.807, 2.05) is 0 Å². The van der Waals surface area contributed by atoms with Gasteiger partial charge in [-0.2, -0.15) is 0 Å². The number of carbonyl (C=O) groups is 1. The number of aliphatic hydroxyl groups excluding tert-OH is 1. The highest BCUT2D eigenvalue weighted by Gasteiger charge is 2.27. The summed E-state index contributed by atoms with van der Waals surface area (Å²) < 4.78 is 22.2. The Bertz CT molecular complexity index is 990. The van der Waals surface area contributed by atoms with Crippen molar-refractivity contribution in [2.24, 2.45) is 5.73 Å². The van der Waals surface area contributed by atoms with Crippen molar-refractivity contribution in [2.75, 3.05) is 19.8 Å². The Balaban J connectivity index is 4.12. The first kappa shape index (κ1) is 55.7. The van der Waals surface area contributed by atoms with Crippen LogP contribution in [0.15, 0.2) is 36.5 Å². The van der Waals surface area contributed by atoms with Crippen LogP contribution in [0.5, 0.6) is 0 Å². The van der Waals surface area contributed by atoms with Gasteiger partial charge in [0.05, 0.1) is 25.4 Å². The number of hydrogen-bond acceptors (Lipinski definition) is 6. The Morgan fingerprint density at radius 2 is 0.965 bits per heavy atom. The molecular weight excluding hydrogens is 732 g/mol. The van der Waals surface area contributed by atoms with Crippen molar-refractivity contribution in [3.8, 4) is 0 Å². The van der Waals surface area contributed by atoms with E-state index >= 15 is 0 Å². The second-order valence-corrected chi connectivity index (χ2v) is 17.8. The zero-order valence-electron chi connectivity index (χ0n) is 37.3. The number of carbonyl (C=O) groups excluding carboxylic acids is 1. The maximum absolute atomic E-state index is 12.8. The predicted octanol–water partition coefficient (Wildman–Crippen LogP) is 13.9. The number of phosphoric acid groups is 1. The van der Waals surface area contributed by atoms with Gasteiger partial charge in [-0.15, -0.1) is 0 Å². The molecule has 0 rings (SSSR count). The minimum absolute atomic E-state index is 0.0860. The van der Waals surface area contributed by atoms with Crippen LogP contribution in [-0.4, -0.2) is 47.8 Å². The lowest BCUT2D eigenvalue weighted by Crippen LogP contribution is -2.46. The maximum Gasteiger partial charge on any atom is 0.472 e. The molecule has 0 fully saturated rings. The van der Waals surface area contributed by atoms with Gasteiger partial charge in [0.25, 0.3) is 0 Å². The van der Waals surface area contributed by atoms with E-state index in [4.69, 9.17) is 14.8 Å². The zero-order chi connectivity index (χ0) is 41.8. The number of aliphatic hydroxyl groups is 1. The van der Waals surface area contributed by atoms with Crippen molar-refractivity contribution < 1.29 is 28.4 Å². The summed E-state index contributed by atoms with van der Waals surface area (Å²) in [7, 11) is -4.32. The van der Waals surface area contributed by atoms with E-state index < -0.39 is 20.0 Å². The first-order chi connectivity index (χ1) is 27.9. The van der Waals surface area contributed by atoms with E-state index in [0.717, 1.165) is 64.2 Å². The molecule has 3 unspecified atom stereocenters. The third-order valence-electron chi connectivity index (χ3n) is 10.7. The molecule has 0 bridgehead atoms. The Morgan fingerprint density at radius 3 is 1.44 bits per heavy atom. The van der Waals surface area contributed by atoms with E-state index in [-0.39, 0.29) is 25.7 Å². The molecule has 0 aliphatic carbocycles. The molecule has 57 heavy (non-hydrogen) atoms. The molecule has 0 aromatic carbocycles. The molecule has 0 saturated carbocycles. The third kappa shape index (κ3) is 42.6. The van der Waals surface area contributed by atoms with Gasteiger partial charge in [0.15, 0.2) is 0 Å². The highest BCUT2D eigenvalue weighted by atomic mass is 31.2. The van der Waals surface area contributed by atoms with E-state index in [0.29, 0.717) is 12.8 Å². The summed E-state index contributed by atoms with van der Waals surface area (Å²) in [5.74, 6) is -0.173. The average Bonchev–Trinajstić information content (AvgIpc) is 3.20. The van der Waals surface area contributed by atoms with Crippen molar-refractivity contribution in [2.45, 2.75) is 244 Å². The Morgan fingerprint density at radius 1 is 0.579 bits per heavy atom. The molecule has 0 aromatic heterocycles. The molecule has 0 aliphatic rings. The van der Waals surface area contributed by atoms with Gasteiger partial charge in [-0.25, -0.2) is 4.57 Å². The lowest BCUT2D eigenvalue weighted by atomic mass is 10.0. The minimum atomic E-state index is -4.32. The van der Waals surface area contributed by atoms with Crippen LogP contribution in [-0.2, 0) is 18.4 Å². The first-order valence-corrected chi connectivity index (χ1v) is 25.6. The van der Waals surface area contributed by atoms with Gasteiger partial charge in [0.2, 0.25) is 5.91 Å². The number of allylic oxidation sites excluding steroid dienone is 6. The fourth-order valence-electron chi connectivity index (χ4n) is 7.09. The van der Waals surface area contributed by atoms with Crippen molar-refractivity contribution in [3.05, 3.63) is 36.5 Å². The summed E-state index contributed by atoms with van der Waals surface area (Å²) in [5.41, 5.74) is 5.39. The molecule has 0 saturated heterocycles. The number of phosphoric ester groups is 1. The monoisotopic (exact) mass is 825 g/mol. The molecule has 0 radical (unpaired) electrons. The van der Waals surface area contributed by atoms with Crippen LogP contribution >= 0.6 is 7.82 Å². The lowest BCUT2D eigenvalue weighted by molar-refractivity contribution is -0.123. The van der Waals surface area contributed by atoms with E-state index in [1.54, 1.807) is 0 Å². The van der Waals surface area contributed by atoms with Crippen LogP contribution < -0.4 is 11.1 Å². The molecule has 3 atom stereocenters.